The van der Waals surface area contributed by atoms with Gasteiger partial charge < -0.3 is 18.8 Å². The summed E-state index contributed by atoms with van der Waals surface area (Å²) in [7, 11) is 0. The van der Waals surface area contributed by atoms with E-state index in [1.165, 1.54) is 0 Å². The van der Waals surface area contributed by atoms with Crippen molar-refractivity contribution in [1.82, 2.24) is 0 Å². The van der Waals surface area contributed by atoms with Crippen LogP contribution in [0, 0.1) is 0 Å². The van der Waals surface area contributed by atoms with Gasteiger partial charge in [-0.3, -0.25) is 0 Å². The van der Waals surface area contributed by atoms with E-state index < -0.39 is 0 Å². The summed E-state index contributed by atoms with van der Waals surface area (Å²) >= 11 is 0. The van der Waals surface area contributed by atoms with Crippen LogP contribution in [0.5, 0.6) is 0 Å². The van der Waals surface area contributed by atoms with Gasteiger partial charge in [0.15, 0.2) is 0 Å². The minimum atomic E-state index is 0. The summed E-state index contributed by atoms with van der Waals surface area (Å²) in [6.07, 6.45) is 0. The fraction of sp³-hybridized carbons (Fsp3) is 0. The number of hydrogen-bond donors (Lipinski definition) is 0. The first kappa shape index (κ1) is 144. The molecule has 6 heteroatoms. The Bertz CT molecular complexity index is 7.51. The van der Waals surface area contributed by atoms with Crippen LogP contribution in [0.1, 0.15) is 0 Å². The molecule has 0 aromatic rings. The number of hydrogen-bond acceptors (Lipinski definition) is 0. The van der Waals surface area contributed by atoms with E-state index in [1.807, 2.05) is 0 Å². The SMILES string of the molecule is [Ca+2].[F-].[F-].[F-].[F-].[Ni+2]. The fourth-order valence-corrected chi connectivity index (χ4v) is 0. The summed E-state index contributed by atoms with van der Waals surface area (Å²) in [6, 6.07) is 0. The summed E-state index contributed by atoms with van der Waals surface area (Å²) in [5.74, 6) is 0. The number of halogens is 4. The second-order valence-electron chi connectivity index (χ2n) is 0. The summed E-state index contributed by atoms with van der Waals surface area (Å²) in [5, 5.41) is 0. The van der Waals surface area contributed by atoms with E-state index in [0.717, 1.165) is 0 Å². The second-order valence-corrected chi connectivity index (χ2v) is 0. The largest absolute Gasteiger partial charge is 2.00 e. The van der Waals surface area contributed by atoms with Gasteiger partial charge in [0.1, 0.15) is 0 Å². The summed E-state index contributed by atoms with van der Waals surface area (Å²) < 4.78 is 0. The molecule has 0 radical (unpaired) electrons. The third-order valence-corrected chi connectivity index (χ3v) is 0. The molecule has 0 heterocycles. The van der Waals surface area contributed by atoms with E-state index in [2.05, 4.69) is 0 Å². The Labute approximate surface area is 72.4 Å². The van der Waals surface area contributed by atoms with Gasteiger partial charge in [-0.2, -0.15) is 0 Å². The molecule has 0 aromatic carbocycles. The minimum absolute atomic E-state index is 0. The first-order chi connectivity index (χ1) is 0. The predicted molar refractivity (Wildman–Crippen MR) is 5.75 cm³/mol. The maximum Gasteiger partial charge on any atom is 2.00 e. The van der Waals surface area contributed by atoms with Crippen LogP contribution in [0.4, 0.5) is 0 Å². The monoisotopic (exact) mass is 174 g/mol. The Morgan fingerprint density at radius 1 is 0.500 bits per heavy atom. The van der Waals surface area contributed by atoms with Crippen LogP contribution in [0.25, 0.3) is 0 Å². The van der Waals surface area contributed by atoms with Crippen molar-refractivity contribution in [2.45, 2.75) is 0 Å². The van der Waals surface area contributed by atoms with Crippen molar-refractivity contribution in [2.24, 2.45) is 0 Å². The van der Waals surface area contributed by atoms with Crippen molar-refractivity contribution < 1.29 is 35.3 Å². The molecule has 0 aliphatic heterocycles. The molecule has 40 valence electrons. The van der Waals surface area contributed by atoms with Crippen LogP contribution in [-0.2, 0) is 16.5 Å². The molecular formula is CaF4Ni. The van der Waals surface area contributed by atoms with Crippen molar-refractivity contribution in [3.05, 3.63) is 0 Å². The summed E-state index contributed by atoms with van der Waals surface area (Å²) in [6.45, 7) is 0. The van der Waals surface area contributed by atoms with Crippen LogP contribution < -0.4 is 18.8 Å². The van der Waals surface area contributed by atoms with Crippen molar-refractivity contribution in [3.8, 4) is 0 Å². The van der Waals surface area contributed by atoms with Crippen molar-refractivity contribution in [2.75, 3.05) is 0 Å². The molecule has 0 bridgehead atoms. The average Bonchev–Trinajstić information content (AvgIpc) is 0. The van der Waals surface area contributed by atoms with Gasteiger partial charge >= 0.3 is 54.2 Å². The molecule has 0 atom stereocenters. The van der Waals surface area contributed by atoms with Gasteiger partial charge in [-0.25, -0.2) is 0 Å². The molecule has 0 aliphatic rings. The molecule has 0 saturated carbocycles. The zero-order valence-electron chi connectivity index (χ0n) is 2.54. The molecule has 0 aromatic heterocycles. The Morgan fingerprint density at radius 2 is 0.500 bits per heavy atom. The van der Waals surface area contributed by atoms with E-state index in [-0.39, 0.29) is 73.0 Å². The fourth-order valence-electron chi connectivity index (χ4n) is 0. The van der Waals surface area contributed by atoms with Gasteiger partial charge in [0.2, 0.25) is 0 Å². The molecule has 0 nitrogen and oxygen atoms in total. The molecule has 0 fully saturated rings. The Balaban J connectivity index is 0. The van der Waals surface area contributed by atoms with Gasteiger partial charge in [0.05, 0.1) is 0 Å². The zero-order valence-corrected chi connectivity index (χ0v) is 5.73. The van der Waals surface area contributed by atoms with Crippen molar-refractivity contribution in [1.29, 1.82) is 0 Å². The van der Waals surface area contributed by atoms with Crippen LogP contribution in [0.2, 0.25) is 0 Å². The number of rotatable bonds is 0. The van der Waals surface area contributed by atoms with Gasteiger partial charge in [-0.1, -0.05) is 0 Å². The van der Waals surface area contributed by atoms with Crippen LogP contribution in [0.15, 0.2) is 0 Å². The van der Waals surface area contributed by atoms with E-state index in [1.54, 1.807) is 0 Å². The van der Waals surface area contributed by atoms with Crippen molar-refractivity contribution >= 4 is 37.7 Å². The quantitative estimate of drug-likeness (QED) is 0.253. The molecular weight excluding hydrogens is 175 g/mol. The summed E-state index contributed by atoms with van der Waals surface area (Å²) in [4.78, 5) is 0. The molecule has 0 amide bonds. The van der Waals surface area contributed by atoms with Gasteiger partial charge in [-0.05, 0) is 0 Å². The normalized spacial score (nSPS) is 0. The predicted octanol–water partition coefficient (Wildman–Crippen LogP) is -12.4. The van der Waals surface area contributed by atoms with Crippen LogP contribution in [0.3, 0.4) is 0 Å². The maximum atomic E-state index is 0. The van der Waals surface area contributed by atoms with Crippen LogP contribution >= 0.6 is 0 Å². The van der Waals surface area contributed by atoms with E-state index in [4.69, 9.17) is 0 Å². The Hall–Kier alpha value is 1.47. The molecule has 0 spiro atoms. The van der Waals surface area contributed by atoms with Gasteiger partial charge in [-0.15, -0.1) is 0 Å². The van der Waals surface area contributed by atoms with E-state index >= 15 is 0 Å². The van der Waals surface area contributed by atoms with Crippen molar-refractivity contribution in [3.63, 3.8) is 0 Å². The third-order valence-electron chi connectivity index (χ3n) is 0. The molecule has 6 heavy (non-hydrogen) atoms. The second kappa shape index (κ2) is 89.3. The van der Waals surface area contributed by atoms with Gasteiger partial charge in [0, 0.05) is 0 Å². The Kier molecular flexibility index (Phi) is 2150. The van der Waals surface area contributed by atoms with E-state index in [0.29, 0.717) is 0 Å². The standard InChI is InChI=1S/Ca.4FH.Ni/h;4*1H;/q+2;;;;;+2/p-4. The summed E-state index contributed by atoms with van der Waals surface area (Å²) in [5.41, 5.74) is 0. The molecule has 0 saturated heterocycles. The molecule has 0 aliphatic carbocycles. The molecule has 0 N–H and O–H groups in total. The topological polar surface area (TPSA) is 0 Å². The average molecular weight is 175 g/mol. The Morgan fingerprint density at radius 3 is 0.500 bits per heavy atom. The van der Waals surface area contributed by atoms with Gasteiger partial charge in [0.25, 0.3) is 0 Å². The van der Waals surface area contributed by atoms with E-state index in [9.17, 15) is 0 Å². The molecule has 0 unspecified atom stereocenters. The first-order valence-corrected chi connectivity index (χ1v) is 0. The molecule has 0 rings (SSSR count). The van der Waals surface area contributed by atoms with Crippen LogP contribution in [-0.4, -0.2) is 37.7 Å². The minimum Gasteiger partial charge on any atom is -1.00 e. The zero-order chi connectivity index (χ0) is 0. The maximum absolute atomic E-state index is 0. The first-order valence-electron chi connectivity index (χ1n) is 0. The third kappa shape index (κ3) is 50.5. The smallest absolute Gasteiger partial charge is 1.00 e.